The third-order valence-corrected chi connectivity index (χ3v) is 9.65. The van der Waals surface area contributed by atoms with Gasteiger partial charge in [0.1, 0.15) is 6.04 Å². The fraction of sp³-hybridized carbons (Fsp3) is 0.500. The molecule has 11 heteroatoms. The largest absolute Gasteiger partial charge is 0.342 e. The Labute approximate surface area is 275 Å². The van der Waals surface area contributed by atoms with Crippen LogP contribution in [0.1, 0.15) is 66.5 Å². The molecule has 2 aromatic rings. The molecule has 0 aliphatic heterocycles. The van der Waals surface area contributed by atoms with Crippen LogP contribution in [0, 0.1) is 24.2 Å². The van der Waals surface area contributed by atoms with Gasteiger partial charge in [0.25, 0.3) is 10.0 Å². The molecule has 0 heterocycles. The Morgan fingerprint density at radius 2 is 1.40 bits per heavy atom. The summed E-state index contributed by atoms with van der Waals surface area (Å²) >= 11 is 4.37. The average molecular weight is 659 g/mol. The molecular weight excluding hydrogens is 609 g/mol. The fourth-order valence-electron chi connectivity index (χ4n) is 5.10. The van der Waals surface area contributed by atoms with E-state index in [1.54, 1.807) is 39.2 Å². The second-order valence-electron chi connectivity index (χ2n) is 13.5. The zero-order valence-corrected chi connectivity index (χ0v) is 30.1. The first-order valence-corrected chi connectivity index (χ1v) is 17.0. The lowest BCUT2D eigenvalue weighted by Crippen LogP contribution is -2.60. The van der Waals surface area contributed by atoms with Crippen LogP contribution in [-0.4, -0.2) is 57.2 Å². The highest BCUT2D eigenvalue weighted by atomic mass is 32.2. The summed E-state index contributed by atoms with van der Waals surface area (Å²) < 4.78 is 27.8. The summed E-state index contributed by atoms with van der Waals surface area (Å²) in [5, 5.41) is 6.14. The molecule has 2 aromatic carbocycles. The number of aryl methyl sites for hydroxylation is 1. The zero-order valence-electron chi connectivity index (χ0n) is 28.3. The van der Waals surface area contributed by atoms with Crippen molar-refractivity contribution in [3.8, 4) is 0 Å². The molecule has 0 spiro atoms. The van der Waals surface area contributed by atoms with Gasteiger partial charge in [-0.25, -0.2) is 13.1 Å². The number of thiol groups is 1. The SMILES string of the molecule is CN[C@H](C(=O)N[C@H](C(=O)N(C)/C(=C/C(C)C(=O)NS(=O)(=O)c1ccc(C)cc1)C(C)C)C(C)(C)C)C(C)(C)c1ccc(S)cc1. The third-order valence-electron chi connectivity index (χ3n) is 7.99. The van der Waals surface area contributed by atoms with Gasteiger partial charge in [0.05, 0.1) is 16.9 Å². The van der Waals surface area contributed by atoms with Gasteiger partial charge < -0.3 is 15.5 Å². The molecule has 9 nitrogen and oxygen atoms in total. The normalized spacial score (nSPS) is 14.8. The van der Waals surface area contributed by atoms with Crippen LogP contribution in [0.25, 0.3) is 0 Å². The minimum absolute atomic E-state index is 0.0143. The van der Waals surface area contributed by atoms with E-state index >= 15 is 0 Å². The van der Waals surface area contributed by atoms with Gasteiger partial charge in [-0.15, -0.1) is 12.6 Å². The van der Waals surface area contributed by atoms with Crippen molar-refractivity contribution in [3.63, 3.8) is 0 Å². The van der Waals surface area contributed by atoms with Crippen LogP contribution in [0.15, 0.2) is 70.1 Å². The van der Waals surface area contributed by atoms with Gasteiger partial charge in [0, 0.05) is 23.1 Å². The predicted octanol–water partition coefficient (Wildman–Crippen LogP) is 4.82. The van der Waals surface area contributed by atoms with Crippen molar-refractivity contribution >= 4 is 40.4 Å². The molecule has 3 N–H and O–H groups in total. The first-order chi connectivity index (χ1) is 20.6. The summed E-state index contributed by atoms with van der Waals surface area (Å²) in [7, 11) is -0.757. The number of rotatable bonds is 12. The standard InChI is InChI=1S/C34H50N4O5S2/c1-21(2)27(20-23(4)30(39)37-45(42,43)26-18-12-22(3)13-19-26)38(11)32(41)29(33(5,6)7)36-31(40)28(35-10)34(8,9)24-14-16-25(44)17-15-24/h12-21,23,28-29,35,44H,1-11H3,(H,36,40)(H,37,39)/b27-20+/t23?,28-,29-/m1/s1. The van der Waals surface area contributed by atoms with Gasteiger partial charge in [-0.3, -0.25) is 14.4 Å². The van der Waals surface area contributed by atoms with E-state index in [1.165, 1.54) is 17.0 Å². The van der Waals surface area contributed by atoms with E-state index in [-0.39, 0.29) is 22.6 Å². The molecule has 2 rings (SSSR count). The molecule has 0 radical (unpaired) electrons. The first kappa shape index (κ1) is 38.0. The number of likely N-dealkylation sites (N-methyl/N-ethyl adjacent to an activating group) is 2. The number of carbonyl (C=O) groups excluding carboxylic acids is 3. The topological polar surface area (TPSA) is 125 Å². The quantitative estimate of drug-likeness (QED) is 0.243. The molecule has 0 aromatic heterocycles. The second kappa shape index (κ2) is 15.0. The highest BCUT2D eigenvalue weighted by Gasteiger charge is 2.41. The van der Waals surface area contributed by atoms with Crippen molar-refractivity contribution in [1.29, 1.82) is 0 Å². The molecule has 3 atom stereocenters. The molecule has 1 unspecified atom stereocenters. The van der Waals surface area contributed by atoms with Crippen LogP contribution < -0.4 is 15.4 Å². The number of carbonyl (C=O) groups is 3. The molecule has 0 aliphatic carbocycles. The monoisotopic (exact) mass is 658 g/mol. The molecule has 3 amide bonds. The fourth-order valence-corrected chi connectivity index (χ4v) is 6.31. The third kappa shape index (κ3) is 9.67. The molecule has 0 aliphatic rings. The summed E-state index contributed by atoms with van der Waals surface area (Å²) in [6.45, 7) is 16.7. The van der Waals surface area contributed by atoms with Crippen molar-refractivity contribution in [1.82, 2.24) is 20.3 Å². The first-order valence-electron chi connectivity index (χ1n) is 15.0. The van der Waals surface area contributed by atoms with Gasteiger partial charge >= 0.3 is 0 Å². The van der Waals surface area contributed by atoms with Crippen molar-refractivity contribution in [3.05, 3.63) is 71.4 Å². The van der Waals surface area contributed by atoms with Gasteiger partial charge in [0.2, 0.25) is 17.7 Å². The van der Waals surface area contributed by atoms with Crippen LogP contribution in [0.3, 0.4) is 0 Å². The zero-order chi connectivity index (χ0) is 34.5. The van der Waals surface area contributed by atoms with E-state index in [0.29, 0.717) is 5.70 Å². The summed E-state index contributed by atoms with van der Waals surface area (Å²) in [5.74, 6) is -2.48. The minimum Gasteiger partial charge on any atom is -0.342 e. The number of nitrogens with zero attached hydrogens (tertiary/aromatic N) is 1. The van der Waals surface area contributed by atoms with Crippen LogP contribution in [0.5, 0.6) is 0 Å². The van der Waals surface area contributed by atoms with E-state index in [4.69, 9.17) is 0 Å². The van der Waals surface area contributed by atoms with E-state index in [0.717, 1.165) is 16.0 Å². The Bertz CT molecular complexity index is 1490. The smallest absolute Gasteiger partial charge is 0.264 e. The van der Waals surface area contributed by atoms with Gasteiger partial charge in [-0.05, 0) is 62.1 Å². The van der Waals surface area contributed by atoms with E-state index in [2.05, 4.69) is 28.0 Å². The number of allylic oxidation sites excluding steroid dienone is 1. The predicted molar refractivity (Wildman–Crippen MR) is 182 cm³/mol. The van der Waals surface area contributed by atoms with Crippen LogP contribution in [0.2, 0.25) is 0 Å². The van der Waals surface area contributed by atoms with Crippen molar-refractivity contribution in [2.45, 2.75) is 89.6 Å². The maximum Gasteiger partial charge on any atom is 0.264 e. The highest BCUT2D eigenvalue weighted by Crippen LogP contribution is 2.30. The van der Waals surface area contributed by atoms with E-state index in [9.17, 15) is 22.8 Å². The van der Waals surface area contributed by atoms with Crippen molar-refractivity contribution in [2.24, 2.45) is 17.3 Å². The number of benzene rings is 2. The molecule has 0 bridgehead atoms. The summed E-state index contributed by atoms with van der Waals surface area (Å²) in [6.07, 6.45) is 1.59. The Morgan fingerprint density at radius 1 is 0.867 bits per heavy atom. The number of hydrogen-bond donors (Lipinski definition) is 4. The lowest BCUT2D eigenvalue weighted by Gasteiger charge is -2.39. The van der Waals surface area contributed by atoms with Crippen molar-refractivity contribution in [2.75, 3.05) is 14.1 Å². The maximum absolute atomic E-state index is 14.1. The van der Waals surface area contributed by atoms with E-state index < -0.39 is 44.8 Å². The molecular formula is C34H50N4O5S2. The molecule has 0 saturated heterocycles. The van der Waals surface area contributed by atoms with Gasteiger partial charge in [-0.1, -0.05) is 84.4 Å². The maximum atomic E-state index is 14.1. The van der Waals surface area contributed by atoms with Crippen LogP contribution >= 0.6 is 12.6 Å². The van der Waals surface area contributed by atoms with Crippen LogP contribution in [0.4, 0.5) is 0 Å². The molecule has 0 saturated carbocycles. The second-order valence-corrected chi connectivity index (χ2v) is 15.7. The Morgan fingerprint density at radius 3 is 1.87 bits per heavy atom. The summed E-state index contributed by atoms with van der Waals surface area (Å²) in [6, 6.07) is 12.2. The lowest BCUT2D eigenvalue weighted by atomic mass is 9.76. The highest BCUT2D eigenvalue weighted by molar-refractivity contribution is 7.90. The Kier molecular flexibility index (Phi) is 12.6. The lowest BCUT2D eigenvalue weighted by molar-refractivity contribution is -0.138. The van der Waals surface area contributed by atoms with Gasteiger partial charge in [-0.2, -0.15) is 0 Å². The number of amides is 3. The molecule has 248 valence electrons. The Balaban J connectivity index is 2.34. The minimum atomic E-state index is -4.07. The molecule has 45 heavy (non-hydrogen) atoms. The average Bonchev–Trinajstić information content (AvgIpc) is 2.93. The van der Waals surface area contributed by atoms with E-state index in [1.807, 2.05) is 79.7 Å². The summed E-state index contributed by atoms with van der Waals surface area (Å²) in [5.41, 5.74) is 1.07. The summed E-state index contributed by atoms with van der Waals surface area (Å²) in [4.78, 5) is 43.1. The Hall–Kier alpha value is -3.15. The van der Waals surface area contributed by atoms with Crippen LogP contribution in [-0.2, 0) is 29.8 Å². The number of nitrogens with one attached hydrogen (secondary N) is 3. The van der Waals surface area contributed by atoms with Gasteiger partial charge in [0.15, 0.2) is 0 Å². The number of sulfonamides is 1. The molecule has 0 fully saturated rings. The van der Waals surface area contributed by atoms with Crippen molar-refractivity contribution < 1.29 is 22.8 Å². The number of hydrogen-bond acceptors (Lipinski definition) is 7.